The predicted molar refractivity (Wildman–Crippen MR) is 78.5 cm³/mol. The zero-order valence-corrected chi connectivity index (χ0v) is 11.9. The van der Waals surface area contributed by atoms with E-state index < -0.39 is 0 Å². The van der Waals surface area contributed by atoms with E-state index in [9.17, 15) is 0 Å². The summed E-state index contributed by atoms with van der Waals surface area (Å²) in [7, 11) is 0. The maximum Gasteiger partial charge on any atom is 0.127 e. The molecule has 0 bridgehead atoms. The van der Waals surface area contributed by atoms with E-state index in [0.717, 1.165) is 40.7 Å². The molecule has 2 heterocycles. The molecule has 0 amide bonds. The van der Waals surface area contributed by atoms with Crippen LogP contribution in [0.5, 0.6) is 0 Å². The van der Waals surface area contributed by atoms with Gasteiger partial charge in [-0.25, -0.2) is 4.98 Å². The fourth-order valence-corrected chi connectivity index (χ4v) is 3.54. The molecule has 1 aliphatic heterocycles. The number of thioether (sulfide) groups is 1. The minimum Gasteiger partial charge on any atom is -0.327 e. The van der Waals surface area contributed by atoms with Crippen molar-refractivity contribution in [2.75, 3.05) is 18.1 Å². The van der Waals surface area contributed by atoms with E-state index in [2.05, 4.69) is 16.8 Å². The van der Waals surface area contributed by atoms with Gasteiger partial charge in [-0.15, -0.1) is 0 Å². The Hall–Kier alpha value is -0.710. The molecule has 3 nitrogen and oxygen atoms in total. The van der Waals surface area contributed by atoms with Crippen molar-refractivity contribution in [1.82, 2.24) is 14.9 Å². The summed E-state index contributed by atoms with van der Waals surface area (Å²) in [5.74, 6) is 3.42. The van der Waals surface area contributed by atoms with Gasteiger partial charge in [0.1, 0.15) is 5.82 Å². The highest BCUT2D eigenvalue weighted by Gasteiger charge is 2.21. The fraction of sp³-hybridized carbons (Fsp3) is 0.462. The van der Waals surface area contributed by atoms with E-state index in [1.807, 2.05) is 30.0 Å². The standard InChI is InChI=1S/C13H16ClN3S/c1-2-17-12-7-9(14)3-4-10(12)16-13(17)11-8-18-6-5-15-11/h3-4,7,11,15H,2,5-6,8H2,1H3. The van der Waals surface area contributed by atoms with Crippen molar-refractivity contribution >= 4 is 34.4 Å². The lowest BCUT2D eigenvalue weighted by atomic mass is 10.3. The number of rotatable bonds is 2. The number of nitrogens with zero attached hydrogens (tertiary/aromatic N) is 2. The number of benzene rings is 1. The summed E-state index contributed by atoms with van der Waals surface area (Å²) in [5, 5.41) is 4.32. The molecule has 1 unspecified atom stereocenters. The third-order valence-corrected chi connectivity index (χ3v) is 4.59. The van der Waals surface area contributed by atoms with Crippen LogP contribution in [0.1, 0.15) is 18.8 Å². The summed E-state index contributed by atoms with van der Waals surface area (Å²) >= 11 is 8.07. The third kappa shape index (κ3) is 2.13. The maximum atomic E-state index is 6.08. The highest BCUT2D eigenvalue weighted by atomic mass is 35.5. The second kappa shape index (κ2) is 5.11. The first-order chi connectivity index (χ1) is 8.79. The molecular formula is C13H16ClN3S. The lowest BCUT2D eigenvalue weighted by Crippen LogP contribution is -2.32. The highest BCUT2D eigenvalue weighted by Crippen LogP contribution is 2.27. The zero-order chi connectivity index (χ0) is 12.5. The van der Waals surface area contributed by atoms with Crippen molar-refractivity contribution in [3.8, 4) is 0 Å². The van der Waals surface area contributed by atoms with E-state index in [4.69, 9.17) is 16.6 Å². The number of hydrogen-bond acceptors (Lipinski definition) is 3. The first-order valence-electron chi connectivity index (χ1n) is 6.26. The van der Waals surface area contributed by atoms with Gasteiger partial charge in [0.05, 0.1) is 17.1 Å². The maximum absolute atomic E-state index is 6.08. The normalized spacial score (nSPS) is 20.4. The molecule has 0 spiro atoms. The SMILES string of the molecule is CCn1c(C2CSCCN2)nc2ccc(Cl)cc21. The smallest absolute Gasteiger partial charge is 0.127 e. The molecule has 1 aromatic heterocycles. The summed E-state index contributed by atoms with van der Waals surface area (Å²) in [6.07, 6.45) is 0. The molecule has 0 saturated carbocycles. The van der Waals surface area contributed by atoms with Crippen molar-refractivity contribution in [3.05, 3.63) is 29.0 Å². The van der Waals surface area contributed by atoms with E-state index in [0.29, 0.717) is 6.04 Å². The first-order valence-corrected chi connectivity index (χ1v) is 7.79. The van der Waals surface area contributed by atoms with Crippen LogP contribution in [0.4, 0.5) is 0 Å². The fourth-order valence-electron chi connectivity index (χ4n) is 2.44. The Morgan fingerprint density at radius 2 is 2.44 bits per heavy atom. The van der Waals surface area contributed by atoms with E-state index in [1.54, 1.807) is 0 Å². The van der Waals surface area contributed by atoms with Crippen molar-refractivity contribution in [3.63, 3.8) is 0 Å². The average Bonchev–Trinajstić information content (AvgIpc) is 2.77. The topological polar surface area (TPSA) is 29.9 Å². The minimum atomic E-state index is 0.356. The largest absolute Gasteiger partial charge is 0.327 e. The van der Waals surface area contributed by atoms with Gasteiger partial charge in [0.2, 0.25) is 0 Å². The second-order valence-corrected chi connectivity index (χ2v) is 6.02. The number of aryl methyl sites for hydroxylation is 1. The van der Waals surface area contributed by atoms with Crippen LogP contribution in [0.25, 0.3) is 11.0 Å². The number of imidazole rings is 1. The molecule has 0 radical (unpaired) electrons. The van der Waals surface area contributed by atoms with Crippen LogP contribution >= 0.6 is 23.4 Å². The van der Waals surface area contributed by atoms with Crippen molar-refractivity contribution in [1.29, 1.82) is 0 Å². The molecule has 18 heavy (non-hydrogen) atoms. The van der Waals surface area contributed by atoms with Gasteiger partial charge in [-0.05, 0) is 25.1 Å². The van der Waals surface area contributed by atoms with Crippen LogP contribution in [-0.4, -0.2) is 27.6 Å². The molecule has 3 rings (SSSR count). The molecule has 1 saturated heterocycles. The summed E-state index contributed by atoms with van der Waals surface area (Å²) in [5.41, 5.74) is 2.17. The van der Waals surface area contributed by atoms with Crippen molar-refractivity contribution in [2.24, 2.45) is 0 Å². The Morgan fingerprint density at radius 3 is 3.17 bits per heavy atom. The summed E-state index contributed by atoms with van der Waals surface area (Å²) in [6.45, 7) is 4.14. The molecule has 1 aromatic carbocycles. The molecule has 1 N–H and O–H groups in total. The molecular weight excluding hydrogens is 266 g/mol. The summed E-state index contributed by atoms with van der Waals surface area (Å²) in [4.78, 5) is 4.78. The number of hydrogen-bond donors (Lipinski definition) is 1. The minimum absolute atomic E-state index is 0.356. The van der Waals surface area contributed by atoms with E-state index in [1.165, 1.54) is 5.75 Å². The van der Waals surface area contributed by atoms with Crippen molar-refractivity contribution in [2.45, 2.75) is 19.5 Å². The number of halogens is 1. The molecule has 0 aliphatic carbocycles. The van der Waals surface area contributed by atoms with Crippen LogP contribution < -0.4 is 5.32 Å². The number of nitrogens with one attached hydrogen (secondary N) is 1. The molecule has 1 fully saturated rings. The van der Waals surface area contributed by atoms with Gasteiger partial charge in [-0.1, -0.05) is 11.6 Å². The van der Waals surface area contributed by atoms with Gasteiger partial charge in [-0.3, -0.25) is 0 Å². The molecule has 1 atom stereocenters. The Labute approximate surface area is 116 Å². The van der Waals surface area contributed by atoms with Gasteiger partial charge >= 0.3 is 0 Å². The van der Waals surface area contributed by atoms with Gasteiger partial charge in [0.25, 0.3) is 0 Å². The lowest BCUT2D eigenvalue weighted by molar-refractivity contribution is 0.536. The predicted octanol–water partition coefficient (Wildman–Crippen LogP) is 3.09. The Bertz CT molecular complexity index is 561. The average molecular weight is 282 g/mol. The molecule has 5 heteroatoms. The number of aromatic nitrogens is 2. The first kappa shape index (κ1) is 12.3. The summed E-state index contributed by atoms with van der Waals surface area (Å²) in [6, 6.07) is 6.27. The Kier molecular flexibility index (Phi) is 3.50. The Balaban J connectivity index is 2.10. The van der Waals surface area contributed by atoms with Gasteiger partial charge in [0.15, 0.2) is 0 Å². The third-order valence-electron chi connectivity index (χ3n) is 3.29. The van der Waals surface area contributed by atoms with Gasteiger partial charge in [0, 0.05) is 29.6 Å². The van der Waals surface area contributed by atoms with Crippen LogP contribution in [0, 0.1) is 0 Å². The lowest BCUT2D eigenvalue weighted by Gasteiger charge is -2.23. The molecule has 96 valence electrons. The molecule has 1 aliphatic rings. The van der Waals surface area contributed by atoms with Gasteiger partial charge < -0.3 is 9.88 Å². The quantitative estimate of drug-likeness (QED) is 0.917. The number of fused-ring (bicyclic) bond motifs is 1. The monoisotopic (exact) mass is 281 g/mol. The van der Waals surface area contributed by atoms with Crippen LogP contribution in [0.15, 0.2) is 18.2 Å². The van der Waals surface area contributed by atoms with Gasteiger partial charge in [-0.2, -0.15) is 11.8 Å². The van der Waals surface area contributed by atoms with Crippen LogP contribution in [-0.2, 0) is 6.54 Å². The van der Waals surface area contributed by atoms with Crippen LogP contribution in [0.2, 0.25) is 5.02 Å². The highest BCUT2D eigenvalue weighted by molar-refractivity contribution is 7.99. The second-order valence-electron chi connectivity index (χ2n) is 4.43. The zero-order valence-electron chi connectivity index (χ0n) is 10.3. The van der Waals surface area contributed by atoms with Crippen LogP contribution in [0.3, 0.4) is 0 Å². The Morgan fingerprint density at radius 1 is 1.56 bits per heavy atom. The van der Waals surface area contributed by atoms with E-state index >= 15 is 0 Å². The van der Waals surface area contributed by atoms with Crippen molar-refractivity contribution < 1.29 is 0 Å². The summed E-state index contributed by atoms with van der Waals surface area (Å²) < 4.78 is 2.27. The van der Waals surface area contributed by atoms with E-state index in [-0.39, 0.29) is 0 Å². The molecule has 2 aromatic rings.